The molecule has 6 heteroatoms. The van der Waals surface area contributed by atoms with Crippen LogP contribution in [0.2, 0.25) is 0 Å². The lowest BCUT2D eigenvalue weighted by Crippen LogP contribution is -2.04. The maximum absolute atomic E-state index is 13.5. The maximum atomic E-state index is 13.5. The molecule has 20 heavy (non-hydrogen) atoms. The average Bonchev–Trinajstić information content (AvgIpc) is 2.46. The highest BCUT2D eigenvalue weighted by molar-refractivity contribution is 5.45. The predicted octanol–water partition coefficient (Wildman–Crippen LogP) is 3.10. The van der Waals surface area contributed by atoms with Crippen LogP contribution in [-0.2, 0) is 0 Å². The van der Waals surface area contributed by atoms with E-state index in [0.717, 1.165) is 13.0 Å². The van der Waals surface area contributed by atoms with Crippen molar-refractivity contribution >= 4 is 5.95 Å². The fourth-order valence-electron chi connectivity index (χ4n) is 1.53. The van der Waals surface area contributed by atoms with Crippen LogP contribution in [0.5, 0.6) is 11.6 Å². The van der Waals surface area contributed by atoms with Crippen molar-refractivity contribution in [2.75, 3.05) is 11.9 Å². The molecule has 0 atom stereocenters. The lowest BCUT2D eigenvalue weighted by atomic mass is 10.2. The number of nitrogens with zero attached hydrogens (tertiary/aromatic N) is 3. The molecule has 5 nitrogen and oxygen atoms in total. The summed E-state index contributed by atoms with van der Waals surface area (Å²) in [4.78, 5) is 8.17. The second-order valence-electron chi connectivity index (χ2n) is 3.97. The van der Waals surface area contributed by atoms with E-state index >= 15 is 0 Å². The topological polar surface area (TPSA) is 70.8 Å². The third kappa shape index (κ3) is 3.20. The van der Waals surface area contributed by atoms with Crippen LogP contribution >= 0.6 is 0 Å². The minimum absolute atomic E-state index is 0.132. The first-order valence-corrected chi connectivity index (χ1v) is 6.18. The van der Waals surface area contributed by atoms with E-state index in [1.165, 1.54) is 24.4 Å². The van der Waals surface area contributed by atoms with Gasteiger partial charge in [0.25, 0.3) is 0 Å². The van der Waals surface area contributed by atoms with Crippen LogP contribution < -0.4 is 10.1 Å². The van der Waals surface area contributed by atoms with Crippen molar-refractivity contribution in [2.45, 2.75) is 13.3 Å². The van der Waals surface area contributed by atoms with Crippen molar-refractivity contribution in [1.82, 2.24) is 9.97 Å². The smallest absolute Gasteiger partial charge is 0.225 e. The second kappa shape index (κ2) is 6.48. The first kappa shape index (κ1) is 13.7. The summed E-state index contributed by atoms with van der Waals surface area (Å²) in [5, 5.41) is 12.0. The second-order valence-corrected chi connectivity index (χ2v) is 3.97. The number of aromatic nitrogens is 2. The molecule has 0 saturated heterocycles. The molecule has 0 unspecified atom stereocenters. The van der Waals surface area contributed by atoms with Gasteiger partial charge in [0.15, 0.2) is 0 Å². The normalized spacial score (nSPS) is 9.85. The van der Waals surface area contributed by atoms with Gasteiger partial charge in [0.05, 0.1) is 0 Å². The van der Waals surface area contributed by atoms with Gasteiger partial charge in [-0.3, -0.25) is 0 Å². The molecule has 2 rings (SSSR count). The van der Waals surface area contributed by atoms with Crippen LogP contribution in [-0.4, -0.2) is 16.5 Å². The molecule has 0 aliphatic rings. The van der Waals surface area contributed by atoms with Crippen molar-refractivity contribution in [2.24, 2.45) is 0 Å². The zero-order chi connectivity index (χ0) is 14.4. The van der Waals surface area contributed by atoms with Gasteiger partial charge in [-0.15, -0.1) is 0 Å². The summed E-state index contributed by atoms with van der Waals surface area (Å²) in [7, 11) is 0. The molecular formula is C14H13FN4O. The van der Waals surface area contributed by atoms with E-state index in [1.807, 2.05) is 6.92 Å². The van der Waals surface area contributed by atoms with Gasteiger partial charge in [0.1, 0.15) is 23.2 Å². The molecule has 1 heterocycles. The van der Waals surface area contributed by atoms with Crippen LogP contribution in [0, 0.1) is 17.1 Å². The van der Waals surface area contributed by atoms with Crippen molar-refractivity contribution in [3.8, 4) is 17.7 Å². The molecule has 0 saturated carbocycles. The van der Waals surface area contributed by atoms with Crippen LogP contribution in [0.1, 0.15) is 18.9 Å². The fraction of sp³-hybridized carbons (Fsp3) is 0.214. The Hall–Kier alpha value is -2.68. The summed E-state index contributed by atoms with van der Waals surface area (Å²) in [6.45, 7) is 2.77. The molecule has 102 valence electrons. The van der Waals surface area contributed by atoms with Gasteiger partial charge < -0.3 is 10.1 Å². The van der Waals surface area contributed by atoms with E-state index in [9.17, 15) is 4.39 Å². The Labute approximate surface area is 116 Å². The van der Waals surface area contributed by atoms with Crippen LogP contribution in [0.25, 0.3) is 0 Å². The molecule has 0 aliphatic heterocycles. The zero-order valence-corrected chi connectivity index (χ0v) is 10.9. The number of rotatable bonds is 5. The number of ether oxygens (including phenoxy) is 1. The lowest BCUT2D eigenvalue weighted by molar-refractivity contribution is 0.455. The summed E-state index contributed by atoms with van der Waals surface area (Å²) in [5.74, 6) is 0.191. The summed E-state index contributed by atoms with van der Waals surface area (Å²) in [5.41, 5.74) is -0.144. The molecule has 2 aromatic rings. The number of nitriles is 1. The first-order chi connectivity index (χ1) is 9.74. The Morgan fingerprint density at radius 1 is 1.40 bits per heavy atom. The van der Waals surface area contributed by atoms with E-state index in [4.69, 9.17) is 10.00 Å². The zero-order valence-electron chi connectivity index (χ0n) is 10.9. The first-order valence-electron chi connectivity index (χ1n) is 6.18. The number of halogens is 1. The van der Waals surface area contributed by atoms with Gasteiger partial charge in [-0.05, 0) is 18.6 Å². The molecule has 1 N–H and O–H groups in total. The highest BCUT2D eigenvalue weighted by Gasteiger charge is 2.10. The van der Waals surface area contributed by atoms with Gasteiger partial charge in [-0.1, -0.05) is 13.0 Å². The van der Waals surface area contributed by atoms with E-state index in [1.54, 1.807) is 12.1 Å². The van der Waals surface area contributed by atoms with E-state index in [-0.39, 0.29) is 17.2 Å². The molecule has 0 spiro atoms. The Morgan fingerprint density at radius 3 is 3.00 bits per heavy atom. The van der Waals surface area contributed by atoms with E-state index < -0.39 is 5.82 Å². The maximum Gasteiger partial charge on any atom is 0.225 e. The van der Waals surface area contributed by atoms with Crippen molar-refractivity contribution in [1.29, 1.82) is 5.26 Å². The van der Waals surface area contributed by atoms with Gasteiger partial charge in [-0.25, -0.2) is 9.37 Å². The van der Waals surface area contributed by atoms with Crippen LogP contribution in [0.3, 0.4) is 0 Å². The van der Waals surface area contributed by atoms with Gasteiger partial charge in [-0.2, -0.15) is 10.2 Å². The Kier molecular flexibility index (Phi) is 4.45. The molecule has 1 aromatic carbocycles. The SMILES string of the molecule is CCCNc1nccc(Oc2cccc(F)c2C#N)n1. The Bertz CT molecular complexity index is 639. The molecule has 0 fully saturated rings. The largest absolute Gasteiger partial charge is 0.437 e. The van der Waals surface area contributed by atoms with Crippen molar-refractivity contribution in [3.05, 3.63) is 41.8 Å². The summed E-state index contributed by atoms with van der Waals surface area (Å²) in [6, 6.07) is 7.52. The van der Waals surface area contributed by atoms with Crippen molar-refractivity contribution in [3.63, 3.8) is 0 Å². The van der Waals surface area contributed by atoms with E-state index in [2.05, 4.69) is 15.3 Å². The minimum Gasteiger partial charge on any atom is -0.437 e. The average molecular weight is 272 g/mol. The number of hydrogen-bond acceptors (Lipinski definition) is 5. The molecular weight excluding hydrogens is 259 g/mol. The quantitative estimate of drug-likeness (QED) is 0.905. The molecule has 0 aliphatic carbocycles. The van der Waals surface area contributed by atoms with Gasteiger partial charge >= 0.3 is 0 Å². The fourth-order valence-corrected chi connectivity index (χ4v) is 1.53. The highest BCUT2D eigenvalue weighted by atomic mass is 19.1. The summed E-state index contributed by atoms with van der Waals surface area (Å²) in [6.07, 6.45) is 2.47. The van der Waals surface area contributed by atoms with E-state index in [0.29, 0.717) is 5.95 Å². The number of benzene rings is 1. The van der Waals surface area contributed by atoms with Gasteiger partial charge in [0, 0.05) is 18.8 Å². The third-order valence-electron chi connectivity index (χ3n) is 2.46. The van der Waals surface area contributed by atoms with Crippen LogP contribution in [0.4, 0.5) is 10.3 Å². The molecule has 1 aromatic heterocycles. The molecule has 0 radical (unpaired) electrons. The minimum atomic E-state index is -0.622. The number of nitrogens with one attached hydrogen (secondary N) is 1. The molecule has 0 bridgehead atoms. The lowest BCUT2D eigenvalue weighted by Gasteiger charge is -2.08. The standard InChI is InChI=1S/C14H13FN4O/c1-2-7-17-14-18-8-6-13(19-14)20-12-5-3-4-11(15)10(12)9-16/h3-6,8H,2,7H2,1H3,(H,17,18,19). The van der Waals surface area contributed by atoms with Crippen LogP contribution in [0.15, 0.2) is 30.5 Å². The summed E-state index contributed by atoms with van der Waals surface area (Å²) >= 11 is 0. The Balaban J connectivity index is 2.22. The monoisotopic (exact) mass is 272 g/mol. The predicted molar refractivity (Wildman–Crippen MR) is 72.0 cm³/mol. The highest BCUT2D eigenvalue weighted by Crippen LogP contribution is 2.25. The molecule has 0 amide bonds. The van der Waals surface area contributed by atoms with Gasteiger partial charge in [0.2, 0.25) is 11.8 Å². The summed E-state index contributed by atoms with van der Waals surface area (Å²) < 4.78 is 18.9. The van der Waals surface area contributed by atoms with Crippen molar-refractivity contribution < 1.29 is 9.13 Å². The Morgan fingerprint density at radius 2 is 2.25 bits per heavy atom. The third-order valence-corrected chi connectivity index (χ3v) is 2.46. The number of anilines is 1. The number of hydrogen-bond donors (Lipinski definition) is 1.